The Labute approximate surface area is 106 Å². The van der Waals surface area contributed by atoms with Crippen molar-refractivity contribution in [3.05, 3.63) is 60.0 Å². The Morgan fingerprint density at radius 3 is 2.82 bits per heavy atom. The number of hydrogen-bond donors (Lipinski definition) is 0. The van der Waals surface area contributed by atoms with Gasteiger partial charge < -0.3 is 4.74 Å². The Kier molecular flexibility index (Phi) is 3.99. The molecule has 88 valence electrons. The predicted octanol–water partition coefficient (Wildman–Crippen LogP) is 3.89. The quantitative estimate of drug-likeness (QED) is 0.794. The van der Waals surface area contributed by atoms with Crippen molar-refractivity contribution in [1.82, 2.24) is 0 Å². The van der Waals surface area contributed by atoms with Crippen LogP contribution in [-0.2, 0) is 11.3 Å². The summed E-state index contributed by atoms with van der Waals surface area (Å²) >= 11 is 5.95. The van der Waals surface area contributed by atoms with Gasteiger partial charge in [0.15, 0.2) is 0 Å². The van der Waals surface area contributed by atoms with E-state index in [1.165, 1.54) is 0 Å². The van der Waals surface area contributed by atoms with E-state index in [4.69, 9.17) is 16.3 Å². The van der Waals surface area contributed by atoms with Gasteiger partial charge in [0, 0.05) is 12.1 Å². The highest BCUT2D eigenvalue weighted by Gasteiger charge is 2.08. The normalized spacial score (nSPS) is 19.3. The lowest BCUT2D eigenvalue weighted by Crippen LogP contribution is -2.01. The summed E-state index contributed by atoms with van der Waals surface area (Å²) in [5.41, 5.74) is 1.14. The summed E-state index contributed by atoms with van der Waals surface area (Å²) in [6, 6.07) is 10.1. The summed E-state index contributed by atoms with van der Waals surface area (Å²) in [7, 11) is 0. The number of nitrogens with zero attached hydrogens (tertiary/aromatic N) is 1. The molecule has 3 heteroatoms. The Bertz CT molecular complexity index is 462. The monoisotopic (exact) mass is 247 g/mol. The predicted molar refractivity (Wildman–Crippen MR) is 70.9 cm³/mol. The molecule has 0 radical (unpaired) electrons. The number of ether oxygens (including phenoxy) is 1. The number of allylic oxidation sites excluding steroid dienone is 2. The fraction of sp³-hybridized carbons (Fsp3) is 0.214. The zero-order chi connectivity index (χ0) is 12.1. The molecule has 0 saturated carbocycles. The molecule has 0 aromatic heterocycles. The molecule has 0 saturated heterocycles. The topological polar surface area (TPSA) is 21.6 Å². The zero-order valence-electron chi connectivity index (χ0n) is 9.64. The second-order valence-electron chi connectivity index (χ2n) is 3.90. The molecule has 0 amide bonds. The summed E-state index contributed by atoms with van der Waals surface area (Å²) in [6.45, 7) is 2.55. The van der Waals surface area contributed by atoms with Crippen LogP contribution in [0.5, 0.6) is 0 Å². The lowest BCUT2D eigenvalue weighted by molar-refractivity contribution is 0.209. The van der Waals surface area contributed by atoms with E-state index < -0.39 is 0 Å². The van der Waals surface area contributed by atoms with Crippen LogP contribution in [-0.4, -0.2) is 5.17 Å². The maximum Gasteiger partial charge on any atom is 0.118 e. The van der Waals surface area contributed by atoms with Gasteiger partial charge in [0.1, 0.15) is 17.5 Å². The van der Waals surface area contributed by atoms with E-state index in [1.54, 1.807) is 6.20 Å². The second-order valence-corrected chi connectivity index (χ2v) is 4.29. The molecule has 1 aliphatic heterocycles. The highest BCUT2D eigenvalue weighted by molar-refractivity contribution is 6.66. The van der Waals surface area contributed by atoms with Crippen LogP contribution < -0.4 is 0 Å². The molecule has 1 aromatic carbocycles. The van der Waals surface area contributed by atoms with Crippen LogP contribution in [0.4, 0.5) is 0 Å². The fourth-order valence-corrected chi connectivity index (χ4v) is 1.63. The van der Waals surface area contributed by atoms with E-state index >= 15 is 0 Å². The van der Waals surface area contributed by atoms with Crippen molar-refractivity contribution in [3.8, 4) is 0 Å². The maximum atomic E-state index is 5.95. The highest BCUT2D eigenvalue weighted by atomic mass is 35.5. The number of rotatable bonds is 3. The Hall–Kier alpha value is -1.54. The van der Waals surface area contributed by atoms with Crippen molar-refractivity contribution in [2.24, 2.45) is 10.9 Å². The molecule has 0 aliphatic carbocycles. The number of hydrogen-bond acceptors (Lipinski definition) is 2. The van der Waals surface area contributed by atoms with Gasteiger partial charge in [-0.05, 0) is 17.7 Å². The van der Waals surface area contributed by atoms with Crippen molar-refractivity contribution in [2.75, 3.05) is 0 Å². The highest BCUT2D eigenvalue weighted by Crippen LogP contribution is 2.16. The largest absolute Gasteiger partial charge is 0.489 e. The molecule has 1 heterocycles. The molecular formula is C14H14ClNO. The summed E-state index contributed by atoms with van der Waals surface area (Å²) in [4.78, 5) is 4.08. The molecule has 1 atom stereocenters. The van der Waals surface area contributed by atoms with Crippen LogP contribution in [0.15, 0.2) is 59.4 Å². The van der Waals surface area contributed by atoms with E-state index in [-0.39, 0.29) is 5.92 Å². The SMILES string of the molecule is CC1C=C(OCc2ccccc2)C=CN=C1Cl. The molecule has 0 bridgehead atoms. The van der Waals surface area contributed by atoms with E-state index in [0.717, 1.165) is 11.3 Å². The van der Waals surface area contributed by atoms with E-state index in [1.807, 2.05) is 49.4 Å². The van der Waals surface area contributed by atoms with Crippen LogP contribution in [0.2, 0.25) is 0 Å². The first-order valence-corrected chi connectivity index (χ1v) is 5.92. The fourth-order valence-electron chi connectivity index (χ4n) is 1.51. The maximum absolute atomic E-state index is 5.95. The first kappa shape index (κ1) is 11.9. The minimum absolute atomic E-state index is 0.0949. The lowest BCUT2D eigenvalue weighted by atomic mass is 10.2. The first-order chi connectivity index (χ1) is 8.25. The number of benzene rings is 1. The van der Waals surface area contributed by atoms with Crippen LogP contribution in [0.3, 0.4) is 0 Å². The molecule has 0 fully saturated rings. The first-order valence-electron chi connectivity index (χ1n) is 5.54. The Morgan fingerprint density at radius 1 is 1.29 bits per heavy atom. The smallest absolute Gasteiger partial charge is 0.118 e. The average molecular weight is 248 g/mol. The van der Waals surface area contributed by atoms with Crippen LogP contribution >= 0.6 is 11.6 Å². The molecule has 1 aromatic rings. The molecule has 1 aliphatic rings. The van der Waals surface area contributed by atoms with E-state index in [9.17, 15) is 0 Å². The van der Waals surface area contributed by atoms with Crippen molar-refractivity contribution in [1.29, 1.82) is 0 Å². The third-order valence-corrected chi connectivity index (χ3v) is 2.92. The summed E-state index contributed by atoms with van der Waals surface area (Å²) < 4.78 is 5.71. The zero-order valence-corrected chi connectivity index (χ0v) is 10.4. The van der Waals surface area contributed by atoms with Crippen molar-refractivity contribution in [2.45, 2.75) is 13.5 Å². The van der Waals surface area contributed by atoms with Gasteiger partial charge >= 0.3 is 0 Å². The van der Waals surface area contributed by atoms with Crippen LogP contribution in [0.25, 0.3) is 0 Å². The molecule has 0 spiro atoms. The molecule has 17 heavy (non-hydrogen) atoms. The Morgan fingerprint density at radius 2 is 2.06 bits per heavy atom. The third-order valence-electron chi connectivity index (χ3n) is 2.47. The van der Waals surface area contributed by atoms with Gasteiger partial charge in [-0.25, -0.2) is 4.99 Å². The van der Waals surface area contributed by atoms with Crippen LogP contribution in [0.1, 0.15) is 12.5 Å². The van der Waals surface area contributed by atoms with Gasteiger partial charge in [-0.15, -0.1) is 0 Å². The number of aliphatic imine (C=N–C) groups is 1. The van der Waals surface area contributed by atoms with E-state index in [2.05, 4.69) is 4.99 Å². The van der Waals surface area contributed by atoms with Gasteiger partial charge in [-0.1, -0.05) is 48.9 Å². The van der Waals surface area contributed by atoms with Crippen molar-refractivity contribution in [3.63, 3.8) is 0 Å². The molecule has 1 unspecified atom stereocenters. The standard InChI is InChI=1S/C14H14ClNO/c1-11-9-13(7-8-16-14(11)15)17-10-12-5-3-2-4-6-12/h2-9,11H,10H2,1H3. The minimum Gasteiger partial charge on any atom is -0.489 e. The molecular weight excluding hydrogens is 234 g/mol. The minimum atomic E-state index is 0.0949. The lowest BCUT2D eigenvalue weighted by Gasteiger charge is -2.08. The average Bonchev–Trinajstić information content (AvgIpc) is 2.51. The Balaban J connectivity index is 1.99. The molecule has 0 N–H and O–H groups in total. The van der Waals surface area contributed by atoms with Crippen molar-refractivity contribution >= 4 is 16.8 Å². The summed E-state index contributed by atoms with van der Waals surface area (Å²) in [5, 5.41) is 0.583. The van der Waals surface area contributed by atoms with Gasteiger partial charge in [-0.3, -0.25) is 0 Å². The van der Waals surface area contributed by atoms with Gasteiger partial charge in [0.2, 0.25) is 0 Å². The molecule has 2 rings (SSSR count). The van der Waals surface area contributed by atoms with Gasteiger partial charge in [0.05, 0.1) is 0 Å². The molecule has 2 nitrogen and oxygen atoms in total. The van der Waals surface area contributed by atoms with Crippen molar-refractivity contribution < 1.29 is 4.74 Å². The second kappa shape index (κ2) is 5.69. The van der Waals surface area contributed by atoms with Gasteiger partial charge in [0.25, 0.3) is 0 Å². The number of halogens is 1. The summed E-state index contributed by atoms with van der Waals surface area (Å²) in [5.74, 6) is 0.901. The van der Waals surface area contributed by atoms with E-state index in [0.29, 0.717) is 11.8 Å². The third kappa shape index (κ3) is 3.46. The summed E-state index contributed by atoms with van der Waals surface area (Å²) in [6.07, 6.45) is 5.47. The van der Waals surface area contributed by atoms with Gasteiger partial charge in [-0.2, -0.15) is 0 Å². The van der Waals surface area contributed by atoms with Crippen LogP contribution in [0, 0.1) is 5.92 Å².